The van der Waals surface area contributed by atoms with E-state index in [9.17, 15) is 4.79 Å². The molecule has 0 atom stereocenters. The summed E-state index contributed by atoms with van der Waals surface area (Å²) in [6.45, 7) is 1.10. The molecule has 0 bridgehead atoms. The predicted octanol–water partition coefficient (Wildman–Crippen LogP) is 2.89. The zero-order chi connectivity index (χ0) is 9.07. The van der Waals surface area contributed by atoms with E-state index in [2.05, 4.69) is 20.7 Å². The molecule has 0 unspecified atom stereocenters. The molecule has 72 valence electrons. The molecule has 0 aromatic heterocycles. The second-order valence-electron chi connectivity index (χ2n) is 2.78. The Hall–Kier alpha value is -0.0500. The third-order valence-corrected chi connectivity index (χ3v) is 2.27. The minimum Gasteiger partial charge on any atom is -0.468 e. The first-order valence-corrected chi connectivity index (χ1v) is 5.65. The summed E-state index contributed by atoms with van der Waals surface area (Å²) in [5.41, 5.74) is 0. The van der Waals surface area contributed by atoms with Gasteiger partial charge in [-0.2, -0.15) is 0 Å². The summed E-state index contributed by atoms with van der Waals surface area (Å²) in [5, 5.41) is 1.11. The van der Waals surface area contributed by atoms with Crippen molar-refractivity contribution in [2.45, 2.75) is 38.5 Å². The lowest BCUT2D eigenvalue weighted by Crippen LogP contribution is -1.91. The average molecular weight is 237 g/mol. The molecule has 0 aromatic carbocycles. The zero-order valence-corrected chi connectivity index (χ0v) is 9.01. The second kappa shape index (κ2) is 11.0. The second-order valence-corrected chi connectivity index (χ2v) is 3.57. The number of rotatable bonds is 9. The molecule has 0 heterocycles. The zero-order valence-electron chi connectivity index (χ0n) is 7.43. The van der Waals surface area contributed by atoms with Crippen molar-refractivity contribution in [3.63, 3.8) is 0 Å². The van der Waals surface area contributed by atoms with E-state index < -0.39 is 0 Å². The Morgan fingerprint density at radius 2 is 1.58 bits per heavy atom. The van der Waals surface area contributed by atoms with Crippen molar-refractivity contribution in [2.75, 3.05) is 11.9 Å². The fraction of sp³-hybridized carbons (Fsp3) is 0.889. The molecule has 2 nitrogen and oxygen atoms in total. The maximum atomic E-state index is 9.75. The molecule has 0 fully saturated rings. The molecule has 0 saturated carbocycles. The summed E-state index contributed by atoms with van der Waals surface area (Å²) in [5.74, 6) is 0. The first-order valence-electron chi connectivity index (χ1n) is 4.53. The van der Waals surface area contributed by atoms with Crippen molar-refractivity contribution >= 4 is 22.4 Å². The van der Waals surface area contributed by atoms with Gasteiger partial charge in [-0.05, 0) is 12.8 Å². The number of ether oxygens (including phenoxy) is 1. The average Bonchev–Trinajstić information content (AvgIpc) is 2.10. The van der Waals surface area contributed by atoms with Gasteiger partial charge in [0, 0.05) is 5.33 Å². The highest BCUT2D eigenvalue weighted by atomic mass is 79.9. The van der Waals surface area contributed by atoms with Gasteiger partial charge in [0.1, 0.15) is 0 Å². The maximum absolute atomic E-state index is 9.75. The van der Waals surface area contributed by atoms with Gasteiger partial charge in [0.2, 0.25) is 0 Å². The summed E-state index contributed by atoms with van der Waals surface area (Å²) in [7, 11) is 0. The summed E-state index contributed by atoms with van der Waals surface area (Å²) >= 11 is 3.39. The third-order valence-electron chi connectivity index (χ3n) is 1.71. The Labute approximate surface area is 82.8 Å². The first kappa shape index (κ1) is 11.9. The number of carbonyl (C=O) groups is 1. The highest BCUT2D eigenvalue weighted by Crippen LogP contribution is 2.06. The quantitative estimate of drug-likeness (QED) is 0.350. The highest BCUT2D eigenvalue weighted by molar-refractivity contribution is 9.09. The third kappa shape index (κ3) is 9.95. The van der Waals surface area contributed by atoms with Crippen LogP contribution in [0.5, 0.6) is 0 Å². The Bertz CT molecular complexity index is 96.5. The molecule has 0 aliphatic carbocycles. The largest absolute Gasteiger partial charge is 0.468 e. The molecule has 0 rings (SSSR count). The van der Waals surface area contributed by atoms with E-state index in [1.165, 1.54) is 32.1 Å². The van der Waals surface area contributed by atoms with Crippen LogP contribution in [0.25, 0.3) is 0 Å². The number of unbranched alkanes of at least 4 members (excludes halogenated alkanes) is 5. The van der Waals surface area contributed by atoms with Crippen LogP contribution in [0.3, 0.4) is 0 Å². The van der Waals surface area contributed by atoms with E-state index in [4.69, 9.17) is 0 Å². The summed E-state index contributed by atoms with van der Waals surface area (Å²) in [4.78, 5) is 9.75. The predicted molar refractivity (Wildman–Crippen MR) is 53.5 cm³/mol. The van der Waals surface area contributed by atoms with Crippen molar-refractivity contribution < 1.29 is 9.53 Å². The topological polar surface area (TPSA) is 26.3 Å². The molecule has 0 aromatic rings. The summed E-state index contributed by atoms with van der Waals surface area (Å²) in [6, 6.07) is 0. The minimum atomic E-state index is 0.519. The molecule has 0 spiro atoms. The van der Waals surface area contributed by atoms with E-state index in [1.807, 2.05) is 0 Å². The van der Waals surface area contributed by atoms with Gasteiger partial charge in [0.25, 0.3) is 6.47 Å². The number of alkyl halides is 1. The standard InChI is InChI=1S/C9H17BrO2/c10-7-5-3-1-2-4-6-8-12-9-11/h9H,1-8H2. The van der Waals surface area contributed by atoms with E-state index >= 15 is 0 Å². The van der Waals surface area contributed by atoms with Crippen molar-refractivity contribution in [2.24, 2.45) is 0 Å². The van der Waals surface area contributed by atoms with Crippen LogP contribution in [0, 0.1) is 0 Å². The van der Waals surface area contributed by atoms with Crippen LogP contribution in [0.2, 0.25) is 0 Å². The lowest BCUT2D eigenvalue weighted by atomic mass is 10.1. The number of carbonyl (C=O) groups excluding carboxylic acids is 1. The Kier molecular flexibility index (Phi) is 10.9. The van der Waals surface area contributed by atoms with Gasteiger partial charge in [0.05, 0.1) is 6.61 Å². The molecule has 12 heavy (non-hydrogen) atoms. The maximum Gasteiger partial charge on any atom is 0.293 e. The number of hydrogen-bond donors (Lipinski definition) is 0. The van der Waals surface area contributed by atoms with Gasteiger partial charge in [0.15, 0.2) is 0 Å². The van der Waals surface area contributed by atoms with Crippen LogP contribution in [0.1, 0.15) is 38.5 Å². The van der Waals surface area contributed by atoms with Crippen LogP contribution < -0.4 is 0 Å². The van der Waals surface area contributed by atoms with Gasteiger partial charge >= 0.3 is 0 Å². The molecule has 0 N–H and O–H groups in total. The van der Waals surface area contributed by atoms with Crippen LogP contribution in [0.15, 0.2) is 0 Å². The first-order chi connectivity index (χ1) is 5.91. The lowest BCUT2D eigenvalue weighted by Gasteiger charge is -1.99. The van der Waals surface area contributed by atoms with E-state index in [1.54, 1.807) is 0 Å². The Morgan fingerprint density at radius 3 is 2.17 bits per heavy atom. The van der Waals surface area contributed by atoms with Crippen LogP contribution in [-0.2, 0) is 9.53 Å². The van der Waals surface area contributed by atoms with Gasteiger partial charge in [-0.1, -0.05) is 41.6 Å². The summed E-state index contributed by atoms with van der Waals surface area (Å²) < 4.78 is 4.57. The highest BCUT2D eigenvalue weighted by Gasteiger charge is 1.90. The van der Waals surface area contributed by atoms with Crippen molar-refractivity contribution in [3.8, 4) is 0 Å². The molecule has 0 saturated heterocycles. The molecule has 3 heteroatoms. The number of halogens is 1. The van der Waals surface area contributed by atoms with Crippen molar-refractivity contribution in [1.29, 1.82) is 0 Å². The van der Waals surface area contributed by atoms with Crippen LogP contribution in [-0.4, -0.2) is 18.4 Å². The Morgan fingerprint density at radius 1 is 1.00 bits per heavy atom. The summed E-state index contributed by atoms with van der Waals surface area (Å²) in [6.07, 6.45) is 7.32. The normalized spacial score (nSPS) is 9.75. The van der Waals surface area contributed by atoms with Gasteiger partial charge < -0.3 is 4.74 Å². The SMILES string of the molecule is O=COCCCCCCCCBr. The van der Waals surface area contributed by atoms with Gasteiger partial charge in [-0.25, -0.2) is 0 Å². The van der Waals surface area contributed by atoms with Crippen molar-refractivity contribution in [3.05, 3.63) is 0 Å². The molecule has 0 radical (unpaired) electrons. The minimum absolute atomic E-state index is 0.519. The molecule has 0 amide bonds. The van der Waals surface area contributed by atoms with Gasteiger partial charge in [-0.15, -0.1) is 0 Å². The van der Waals surface area contributed by atoms with Gasteiger partial charge in [-0.3, -0.25) is 4.79 Å². The van der Waals surface area contributed by atoms with Crippen LogP contribution in [0.4, 0.5) is 0 Å². The van der Waals surface area contributed by atoms with E-state index in [0.717, 1.165) is 11.8 Å². The van der Waals surface area contributed by atoms with E-state index in [-0.39, 0.29) is 0 Å². The van der Waals surface area contributed by atoms with Crippen molar-refractivity contribution in [1.82, 2.24) is 0 Å². The fourth-order valence-electron chi connectivity index (χ4n) is 1.04. The monoisotopic (exact) mass is 236 g/mol. The molecule has 0 aliphatic heterocycles. The molecular formula is C9H17BrO2. The molecule has 0 aliphatic rings. The number of hydrogen-bond acceptors (Lipinski definition) is 2. The fourth-order valence-corrected chi connectivity index (χ4v) is 1.43. The lowest BCUT2D eigenvalue weighted by molar-refractivity contribution is -0.128. The van der Waals surface area contributed by atoms with Crippen LogP contribution >= 0.6 is 15.9 Å². The van der Waals surface area contributed by atoms with E-state index in [0.29, 0.717) is 13.1 Å². The smallest absolute Gasteiger partial charge is 0.293 e. The Balaban J connectivity index is 2.77. The molecular weight excluding hydrogens is 220 g/mol.